The third-order valence-electron chi connectivity index (χ3n) is 1.54. The molecule has 2 nitrogen and oxygen atoms in total. The summed E-state index contributed by atoms with van der Waals surface area (Å²) in [6.45, 7) is 2.67. The summed E-state index contributed by atoms with van der Waals surface area (Å²) in [4.78, 5) is 11.2. The molecule has 1 unspecified atom stereocenters. The normalized spacial score (nSPS) is 22.6. The van der Waals surface area contributed by atoms with Crippen molar-refractivity contribution < 1.29 is 9.53 Å². The van der Waals surface area contributed by atoms with Crippen molar-refractivity contribution in [1.29, 1.82) is 0 Å². The first-order chi connectivity index (χ1) is 5.84. The summed E-state index contributed by atoms with van der Waals surface area (Å²) in [5.74, 6) is 0.824. The highest BCUT2D eigenvalue weighted by Crippen LogP contribution is 2.34. The SMILES string of the molecule is CCCCOC(=O)C1CS[CH]S1. The number of carbonyl (C=O) groups excluding carboxylic acids is 1. The predicted molar refractivity (Wildman–Crippen MR) is 54.0 cm³/mol. The van der Waals surface area contributed by atoms with Crippen LogP contribution < -0.4 is 0 Å². The van der Waals surface area contributed by atoms with E-state index >= 15 is 0 Å². The summed E-state index contributed by atoms with van der Waals surface area (Å²) < 4.78 is 5.07. The smallest absolute Gasteiger partial charge is 0.319 e. The zero-order valence-electron chi connectivity index (χ0n) is 7.12. The van der Waals surface area contributed by atoms with Crippen molar-refractivity contribution in [2.75, 3.05) is 12.4 Å². The van der Waals surface area contributed by atoms with Crippen molar-refractivity contribution in [1.82, 2.24) is 0 Å². The quantitative estimate of drug-likeness (QED) is 0.519. The van der Waals surface area contributed by atoms with Gasteiger partial charge in [0.1, 0.15) is 5.25 Å². The summed E-state index contributed by atoms with van der Waals surface area (Å²) in [6, 6.07) is 0. The van der Waals surface area contributed by atoms with Gasteiger partial charge in [-0.05, 0) is 6.42 Å². The minimum absolute atomic E-state index is 0.0466. The average Bonchev–Trinajstić information content (AvgIpc) is 2.56. The Hall–Kier alpha value is 0.170. The molecule has 12 heavy (non-hydrogen) atoms. The molecule has 0 aliphatic carbocycles. The third kappa shape index (κ3) is 3.27. The van der Waals surface area contributed by atoms with Gasteiger partial charge in [0.15, 0.2) is 0 Å². The van der Waals surface area contributed by atoms with Crippen LogP contribution in [0.15, 0.2) is 0 Å². The Bertz CT molecular complexity index is 144. The van der Waals surface area contributed by atoms with Gasteiger partial charge in [-0.15, -0.1) is 23.5 Å². The molecule has 1 aliphatic heterocycles. The number of hydrogen-bond acceptors (Lipinski definition) is 4. The molecule has 69 valence electrons. The molecular formula is C8H13O2S2. The third-order valence-corrected chi connectivity index (χ3v) is 3.95. The number of ether oxygens (including phenoxy) is 1. The number of hydrogen-bond donors (Lipinski definition) is 0. The number of unbranched alkanes of at least 4 members (excludes halogenated alkanes) is 1. The van der Waals surface area contributed by atoms with Gasteiger partial charge in [0.25, 0.3) is 0 Å². The van der Waals surface area contributed by atoms with Gasteiger partial charge in [0.05, 0.1) is 11.7 Å². The number of esters is 1. The lowest BCUT2D eigenvalue weighted by Crippen LogP contribution is -2.20. The molecule has 0 spiro atoms. The molecule has 0 N–H and O–H groups in total. The maximum absolute atomic E-state index is 11.2. The zero-order valence-corrected chi connectivity index (χ0v) is 8.75. The van der Waals surface area contributed by atoms with Crippen molar-refractivity contribution in [2.45, 2.75) is 25.0 Å². The van der Waals surface area contributed by atoms with Crippen LogP contribution in [0, 0.1) is 5.08 Å². The van der Waals surface area contributed by atoms with E-state index in [0.29, 0.717) is 6.61 Å². The number of carbonyl (C=O) groups is 1. The van der Waals surface area contributed by atoms with E-state index in [1.165, 1.54) is 0 Å². The van der Waals surface area contributed by atoms with E-state index in [4.69, 9.17) is 4.74 Å². The highest BCUT2D eigenvalue weighted by molar-refractivity contribution is 8.23. The van der Waals surface area contributed by atoms with E-state index in [1.54, 1.807) is 23.5 Å². The minimum atomic E-state index is -0.0466. The Morgan fingerprint density at radius 1 is 1.75 bits per heavy atom. The molecular weight excluding hydrogens is 192 g/mol. The van der Waals surface area contributed by atoms with Crippen molar-refractivity contribution in [3.63, 3.8) is 0 Å². The molecule has 1 rings (SSSR count). The Morgan fingerprint density at radius 2 is 2.58 bits per heavy atom. The van der Waals surface area contributed by atoms with E-state index < -0.39 is 0 Å². The van der Waals surface area contributed by atoms with Crippen molar-refractivity contribution >= 4 is 29.5 Å². The van der Waals surface area contributed by atoms with Gasteiger partial charge in [-0.3, -0.25) is 4.79 Å². The average molecular weight is 205 g/mol. The lowest BCUT2D eigenvalue weighted by atomic mass is 10.4. The first-order valence-electron chi connectivity index (χ1n) is 4.10. The molecule has 1 radical (unpaired) electrons. The molecule has 4 heteroatoms. The zero-order chi connectivity index (χ0) is 8.81. The van der Waals surface area contributed by atoms with Crippen LogP contribution in [-0.4, -0.2) is 23.6 Å². The van der Waals surface area contributed by atoms with E-state index in [2.05, 4.69) is 6.92 Å². The molecule has 0 aromatic heterocycles. The first kappa shape index (κ1) is 10.3. The van der Waals surface area contributed by atoms with Gasteiger partial charge in [0.2, 0.25) is 0 Å². The minimum Gasteiger partial charge on any atom is -0.465 e. The largest absolute Gasteiger partial charge is 0.465 e. The highest BCUT2D eigenvalue weighted by atomic mass is 32.2. The van der Waals surface area contributed by atoms with Crippen molar-refractivity contribution in [3.8, 4) is 0 Å². The molecule has 1 fully saturated rings. The maximum atomic E-state index is 11.2. The molecule has 1 atom stereocenters. The summed E-state index contributed by atoms with van der Waals surface area (Å²) in [5.41, 5.74) is 0. The van der Waals surface area contributed by atoms with Crippen LogP contribution in [0.25, 0.3) is 0 Å². The predicted octanol–water partition coefficient (Wildman–Crippen LogP) is 2.30. The number of rotatable bonds is 4. The van der Waals surface area contributed by atoms with Gasteiger partial charge < -0.3 is 4.74 Å². The molecule has 0 amide bonds. The van der Waals surface area contributed by atoms with Crippen LogP contribution in [-0.2, 0) is 9.53 Å². The van der Waals surface area contributed by atoms with Gasteiger partial charge in [-0.1, -0.05) is 13.3 Å². The second-order valence-electron chi connectivity index (χ2n) is 2.58. The monoisotopic (exact) mass is 205 g/mol. The molecule has 1 saturated heterocycles. The fraction of sp³-hybridized carbons (Fsp3) is 0.750. The standard InChI is InChI=1S/C8H13O2S2/c1-2-3-4-10-8(9)7-5-11-6-12-7/h6-7H,2-5H2,1H3. The van der Waals surface area contributed by atoms with Crippen LogP contribution >= 0.6 is 23.5 Å². The lowest BCUT2D eigenvalue weighted by Gasteiger charge is -2.07. The Kier molecular flexibility index (Phi) is 4.92. The molecule has 0 saturated carbocycles. The lowest BCUT2D eigenvalue weighted by molar-refractivity contribution is -0.142. The molecule has 0 bridgehead atoms. The van der Waals surface area contributed by atoms with Crippen LogP contribution in [0.2, 0.25) is 0 Å². The van der Waals surface area contributed by atoms with Gasteiger partial charge in [-0.2, -0.15) is 0 Å². The Balaban J connectivity index is 2.10. The summed E-state index contributed by atoms with van der Waals surface area (Å²) in [5, 5.41) is 2.05. The van der Waals surface area contributed by atoms with Crippen LogP contribution in [0.4, 0.5) is 0 Å². The second-order valence-corrected chi connectivity index (χ2v) is 4.85. The maximum Gasteiger partial charge on any atom is 0.319 e. The summed E-state index contributed by atoms with van der Waals surface area (Å²) >= 11 is 3.26. The molecule has 0 aromatic rings. The van der Waals surface area contributed by atoms with Crippen molar-refractivity contribution in [2.24, 2.45) is 0 Å². The van der Waals surface area contributed by atoms with Gasteiger partial charge >= 0.3 is 5.97 Å². The van der Waals surface area contributed by atoms with E-state index in [1.807, 2.05) is 5.08 Å². The van der Waals surface area contributed by atoms with Crippen LogP contribution in [0.3, 0.4) is 0 Å². The topological polar surface area (TPSA) is 26.3 Å². The fourth-order valence-corrected chi connectivity index (χ4v) is 3.01. The van der Waals surface area contributed by atoms with Crippen LogP contribution in [0.5, 0.6) is 0 Å². The van der Waals surface area contributed by atoms with E-state index in [0.717, 1.165) is 18.6 Å². The molecule has 1 heterocycles. The van der Waals surface area contributed by atoms with Gasteiger partial charge in [0, 0.05) is 5.75 Å². The van der Waals surface area contributed by atoms with E-state index in [9.17, 15) is 4.79 Å². The van der Waals surface area contributed by atoms with Gasteiger partial charge in [-0.25, -0.2) is 0 Å². The molecule has 0 aromatic carbocycles. The van der Waals surface area contributed by atoms with E-state index in [-0.39, 0.29) is 11.2 Å². The fourth-order valence-electron chi connectivity index (χ4n) is 0.806. The summed E-state index contributed by atoms with van der Waals surface area (Å²) in [7, 11) is 0. The number of thioether (sulfide) groups is 2. The van der Waals surface area contributed by atoms with Crippen LogP contribution in [0.1, 0.15) is 19.8 Å². The molecule has 1 aliphatic rings. The highest BCUT2D eigenvalue weighted by Gasteiger charge is 2.25. The summed E-state index contributed by atoms with van der Waals surface area (Å²) in [6.07, 6.45) is 2.05. The first-order valence-corrected chi connectivity index (χ1v) is 6.09. The van der Waals surface area contributed by atoms with Crippen molar-refractivity contribution in [3.05, 3.63) is 5.08 Å². The second kappa shape index (κ2) is 5.75. The Morgan fingerprint density at radius 3 is 3.17 bits per heavy atom. The Labute approximate surface area is 81.8 Å².